The summed E-state index contributed by atoms with van der Waals surface area (Å²) in [4.78, 5) is 10.7. The van der Waals surface area contributed by atoms with Crippen LogP contribution in [0.1, 0.15) is 32.1 Å². The lowest BCUT2D eigenvalue weighted by atomic mass is 9.83. The number of aliphatic hydroxyl groups excluding tert-OH is 1. The largest absolute Gasteiger partial charge is 0.504 e. The van der Waals surface area contributed by atoms with Gasteiger partial charge in [-0.25, -0.2) is 0 Å². The van der Waals surface area contributed by atoms with E-state index in [1.54, 1.807) is 0 Å². The van der Waals surface area contributed by atoms with Crippen LogP contribution >= 0.6 is 0 Å². The number of allylic oxidation sites excluding steroid dienone is 4. The van der Waals surface area contributed by atoms with Crippen LogP contribution in [0.2, 0.25) is 0 Å². The maximum absolute atomic E-state index is 10.7. The highest BCUT2D eigenvalue weighted by molar-refractivity contribution is 6.03. The molecule has 0 atom stereocenters. The molecule has 1 N–H and O–H groups in total. The van der Waals surface area contributed by atoms with Crippen molar-refractivity contribution in [2.75, 3.05) is 0 Å². The molecule has 2 aliphatic carbocycles. The molecule has 0 unspecified atom stereocenters. The Kier molecular flexibility index (Phi) is 1.75. The van der Waals surface area contributed by atoms with Gasteiger partial charge in [0.25, 0.3) is 0 Å². The third-order valence-electron chi connectivity index (χ3n) is 2.57. The van der Waals surface area contributed by atoms with Gasteiger partial charge in [0.15, 0.2) is 5.76 Å². The number of hydrogen-bond acceptors (Lipinski definition) is 2. The van der Waals surface area contributed by atoms with Crippen LogP contribution in [-0.4, -0.2) is 10.9 Å². The van der Waals surface area contributed by atoms with Crippen molar-refractivity contribution in [2.24, 2.45) is 0 Å². The SMILES string of the molecule is O=C1CC(C2=CCCCC2)=C1O. The summed E-state index contributed by atoms with van der Waals surface area (Å²) < 4.78 is 0. The van der Waals surface area contributed by atoms with Gasteiger partial charge in [-0.2, -0.15) is 0 Å². The highest BCUT2D eigenvalue weighted by Gasteiger charge is 2.29. The van der Waals surface area contributed by atoms with Crippen molar-refractivity contribution < 1.29 is 9.90 Å². The molecule has 0 aromatic rings. The fourth-order valence-corrected chi connectivity index (χ4v) is 1.77. The van der Waals surface area contributed by atoms with Crippen molar-refractivity contribution in [1.29, 1.82) is 0 Å². The Morgan fingerprint density at radius 1 is 1.33 bits per heavy atom. The fourth-order valence-electron chi connectivity index (χ4n) is 1.77. The van der Waals surface area contributed by atoms with Crippen LogP contribution in [0.5, 0.6) is 0 Å². The van der Waals surface area contributed by atoms with Gasteiger partial charge >= 0.3 is 0 Å². The Bertz CT molecular complexity index is 284. The average molecular weight is 164 g/mol. The van der Waals surface area contributed by atoms with E-state index in [1.807, 2.05) is 0 Å². The fraction of sp³-hybridized carbons (Fsp3) is 0.500. The molecule has 2 aliphatic rings. The molecule has 2 heteroatoms. The number of ketones is 1. The molecule has 2 nitrogen and oxygen atoms in total. The molecular weight excluding hydrogens is 152 g/mol. The molecule has 0 aromatic heterocycles. The maximum Gasteiger partial charge on any atom is 0.201 e. The summed E-state index contributed by atoms with van der Waals surface area (Å²) in [5.41, 5.74) is 2.11. The standard InChI is InChI=1S/C10H12O2/c11-9-6-8(10(9)12)7-4-2-1-3-5-7/h4,12H,1-3,5-6H2. The van der Waals surface area contributed by atoms with Gasteiger partial charge in [-0.3, -0.25) is 4.79 Å². The van der Waals surface area contributed by atoms with Gasteiger partial charge in [-0.05, 0) is 31.3 Å². The van der Waals surface area contributed by atoms with E-state index in [0.717, 1.165) is 18.4 Å². The highest BCUT2D eigenvalue weighted by Crippen LogP contribution is 2.33. The van der Waals surface area contributed by atoms with E-state index in [4.69, 9.17) is 0 Å². The van der Waals surface area contributed by atoms with E-state index >= 15 is 0 Å². The summed E-state index contributed by atoms with van der Waals surface area (Å²) in [6.07, 6.45) is 7.18. The predicted octanol–water partition coefficient (Wildman–Crippen LogP) is 2.27. The molecule has 0 spiro atoms. The summed E-state index contributed by atoms with van der Waals surface area (Å²) >= 11 is 0. The molecule has 0 heterocycles. The van der Waals surface area contributed by atoms with Crippen LogP contribution in [0.3, 0.4) is 0 Å². The Morgan fingerprint density at radius 3 is 2.67 bits per heavy atom. The van der Waals surface area contributed by atoms with Gasteiger partial charge in [0, 0.05) is 12.0 Å². The summed E-state index contributed by atoms with van der Waals surface area (Å²) in [5.74, 6) is -0.0837. The summed E-state index contributed by atoms with van der Waals surface area (Å²) in [7, 11) is 0. The second-order valence-corrected chi connectivity index (χ2v) is 3.40. The van der Waals surface area contributed by atoms with E-state index in [2.05, 4.69) is 6.08 Å². The molecule has 0 aromatic carbocycles. The minimum atomic E-state index is -0.100. The third-order valence-corrected chi connectivity index (χ3v) is 2.57. The van der Waals surface area contributed by atoms with E-state index in [9.17, 15) is 9.90 Å². The van der Waals surface area contributed by atoms with Crippen LogP contribution in [0.4, 0.5) is 0 Å². The molecule has 2 rings (SSSR count). The van der Waals surface area contributed by atoms with E-state index in [-0.39, 0.29) is 11.5 Å². The van der Waals surface area contributed by atoms with Gasteiger partial charge in [0.05, 0.1) is 0 Å². The lowest BCUT2D eigenvalue weighted by Gasteiger charge is -2.22. The van der Waals surface area contributed by atoms with Crippen molar-refractivity contribution in [1.82, 2.24) is 0 Å². The van der Waals surface area contributed by atoms with Crippen molar-refractivity contribution in [3.8, 4) is 0 Å². The molecule has 0 bridgehead atoms. The van der Waals surface area contributed by atoms with Crippen LogP contribution in [-0.2, 0) is 4.79 Å². The first-order chi connectivity index (χ1) is 5.79. The van der Waals surface area contributed by atoms with Crippen molar-refractivity contribution in [2.45, 2.75) is 32.1 Å². The van der Waals surface area contributed by atoms with Gasteiger partial charge in [0.1, 0.15) is 0 Å². The van der Waals surface area contributed by atoms with Crippen LogP contribution in [0.25, 0.3) is 0 Å². The zero-order chi connectivity index (χ0) is 8.55. The van der Waals surface area contributed by atoms with E-state index < -0.39 is 0 Å². The minimum Gasteiger partial charge on any atom is -0.504 e. The normalized spacial score (nSPS) is 23.7. The molecule has 64 valence electrons. The molecule has 0 aliphatic heterocycles. The first-order valence-corrected chi connectivity index (χ1v) is 4.44. The minimum absolute atomic E-state index is 0.0168. The Hall–Kier alpha value is -1.05. The van der Waals surface area contributed by atoms with E-state index in [1.165, 1.54) is 18.4 Å². The number of Topliss-reactive ketones (excluding diaryl/α,β-unsaturated/α-hetero) is 1. The Balaban J connectivity index is 2.20. The van der Waals surface area contributed by atoms with Crippen LogP contribution in [0, 0.1) is 0 Å². The molecule has 0 saturated heterocycles. The quantitative estimate of drug-likeness (QED) is 0.645. The van der Waals surface area contributed by atoms with Crippen LogP contribution in [0.15, 0.2) is 23.0 Å². The second-order valence-electron chi connectivity index (χ2n) is 3.40. The predicted molar refractivity (Wildman–Crippen MR) is 45.8 cm³/mol. The molecule has 0 amide bonds. The van der Waals surface area contributed by atoms with Crippen molar-refractivity contribution in [3.05, 3.63) is 23.0 Å². The summed E-state index contributed by atoms with van der Waals surface area (Å²) in [5, 5.41) is 9.22. The highest BCUT2D eigenvalue weighted by atomic mass is 16.3. The molecule has 0 radical (unpaired) electrons. The lowest BCUT2D eigenvalue weighted by Crippen LogP contribution is -2.19. The zero-order valence-corrected chi connectivity index (χ0v) is 6.97. The molecule has 0 fully saturated rings. The van der Waals surface area contributed by atoms with Crippen molar-refractivity contribution in [3.63, 3.8) is 0 Å². The average Bonchev–Trinajstić information content (AvgIpc) is 2.15. The number of carbonyl (C=O) groups excluding carboxylic acids is 1. The zero-order valence-electron chi connectivity index (χ0n) is 6.97. The smallest absolute Gasteiger partial charge is 0.201 e. The second kappa shape index (κ2) is 2.77. The number of hydrogen-bond donors (Lipinski definition) is 1. The molecular formula is C10H12O2. The number of rotatable bonds is 1. The summed E-state index contributed by atoms with van der Waals surface area (Å²) in [6.45, 7) is 0. The summed E-state index contributed by atoms with van der Waals surface area (Å²) in [6, 6.07) is 0. The first kappa shape index (κ1) is 7.59. The Morgan fingerprint density at radius 2 is 2.17 bits per heavy atom. The molecule has 12 heavy (non-hydrogen) atoms. The number of aliphatic hydroxyl groups is 1. The van der Waals surface area contributed by atoms with Gasteiger partial charge in [0.2, 0.25) is 5.78 Å². The number of carbonyl (C=O) groups is 1. The molecule has 0 saturated carbocycles. The maximum atomic E-state index is 10.7. The van der Waals surface area contributed by atoms with Gasteiger partial charge < -0.3 is 5.11 Å². The topological polar surface area (TPSA) is 37.3 Å². The Labute approximate surface area is 71.6 Å². The van der Waals surface area contributed by atoms with Gasteiger partial charge in [-0.15, -0.1) is 0 Å². The van der Waals surface area contributed by atoms with E-state index in [0.29, 0.717) is 6.42 Å². The monoisotopic (exact) mass is 164 g/mol. The van der Waals surface area contributed by atoms with Gasteiger partial charge in [-0.1, -0.05) is 6.08 Å². The third kappa shape index (κ3) is 1.07. The first-order valence-electron chi connectivity index (χ1n) is 4.44. The lowest BCUT2D eigenvalue weighted by molar-refractivity contribution is -0.119. The van der Waals surface area contributed by atoms with Crippen LogP contribution < -0.4 is 0 Å². The van der Waals surface area contributed by atoms with Crippen molar-refractivity contribution >= 4 is 5.78 Å².